The van der Waals surface area contributed by atoms with Crippen molar-refractivity contribution in [3.8, 4) is 0 Å². The van der Waals surface area contributed by atoms with E-state index in [0.29, 0.717) is 6.04 Å². The molecular weight excluding hydrogens is 222 g/mol. The minimum Gasteiger partial charge on any atom is -0.351 e. The molecule has 1 fully saturated rings. The molecule has 0 spiro atoms. The van der Waals surface area contributed by atoms with E-state index < -0.39 is 0 Å². The average Bonchev–Trinajstić information content (AvgIpc) is 2.33. The molecule has 1 aromatic carbocycles. The second-order valence-electron chi connectivity index (χ2n) is 4.92. The first-order chi connectivity index (χ1) is 8.79. The van der Waals surface area contributed by atoms with Crippen LogP contribution < -0.4 is 10.2 Å². The Hall–Kier alpha value is -1.61. The van der Waals surface area contributed by atoms with Gasteiger partial charge in [0, 0.05) is 25.0 Å². The van der Waals surface area contributed by atoms with Crippen molar-refractivity contribution in [3.63, 3.8) is 0 Å². The van der Waals surface area contributed by atoms with Crippen LogP contribution in [0.25, 0.3) is 10.9 Å². The van der Waals surface area contributed by atoms with Crippen LogP contribution in [0.3, 0.4) is 0 Å². The largest absolute Gasteiger partial charge is 0.351 e. The fourth-order valence-corrected chi connectivity index (χ4v) is 2.58. The quantitative estimate of drug-likeness (QED) is 0.894. The Kier molecular flexibility index (Phi) is 2.92. The lowest BCUT2D eigenvalue weighted by atomic mass is 10.1. The number of nitrogens with one attached hydrogen (secondary N) is 1. The summed E-state index contributed by atoms with van der Waals surface area (Å²) in [4.78, 5) is 7.26. The van der Waals surface area contributed by atoms with Gasteiger partial charge in [0.15, 0.2) is 0 Å². The fraction of sp³-hybridized carbons (Fsp3) is 0.400. The lowest BCUT2D eigenvalue weighted by molar-refractivity contribution is 0.415. The predicted molar refractivity (Wildman–Crippen MR) is 76.2 cm³/mol. The summed E-state index contributed by atoms with van der Waals surface area (Å²) in [5.74, 6) is 1.14. The molecule has 3 heteroatoms. The number of pyridine rings is 1. The van der Waals surface area contributed by atoms with Gasteiger partial charge in [-0.1, -0.05) is 18.2 Å². The Balaban J connectivity index is 2.06. The number of aryl methyl sites for hydroxylation is 1. The molecule has 0 bridgehead atoms. The summed E-state index contributed by atoms with van der Waals surface area (Å²) in [7, 11) is 0. The van der Waals surface area contributed by atoms with Crippen LogP contribution in [0.2, 0.25) is 0 Å². The Labute approximate surface area is 108 Å². The van der Waals surface area contributed by atoms with E-state index in [4.69, 9.17) is 4.98 Å². The van der Waals surface area contributed by atoms with Crippen molar-refractivity contribution in [2.75, 3.05) is 24.5 Å². The first-order valence-corrected chi connectivity index (χ1v) is 6.63. The van der Waals surface area contributed by atoms with Crippen LogP contribution in [0.1, 0.15) is 12.5 Å². The van der Waals surface area contributed by atoms with E-state index in [2.05, 4.69) is 54.4 Å². The predicted octanol–water partition coefficient (Wildman–Crippen LogP) is 2.34. The van der Waals surface area contributed by atoms with Gasteiger partial charge >= 0.3 is 0 Å². The van der Waals surface area contributed by atoms with E-state index in [1.807, 2.05) is 0 Å². The smallest absolute Gasteiger partial charge is 0.132 e. The maximum atomic E-state index is 4.85. The van der Waals surface area contributed by atoms with Gasteiger partial charge in [0.1, 0.15) is 5.82 Å². The number of likely N-dealkylation sites (N-methyl/N-ethyl adjacent to an activating group) is 1. The van der Waals surface area contributed by atoms with Crippen LogP contribution in [0.15, 0.2) is 30.3 Å². The van der Waals surface area contributed by atoms with E-state index in [9.17, 15) is 0 Å². The second-order valence-corrected chi connectivity index (χ2v) is 4.92. The maximum Gasteiger partial charge on any atom is 0.132 e. The number of hydrogen-bond acceptors (Lipinski definition) is 3. The number of benzene rings is 1. The van der Waals surface area contributed by atoms with Gasteiger partial charge in [0.25, 0.3) is 0 Å². The molecule has 1 saturated heterocycles. The first kappa shape index (κ1) is 11.5. The van der Waals surface area contributed by atoms with Gasteiger partial charge in [-0.2, -0.15) is 0 Å². The van der Waals surface area contributed by atoms with Crippen molar-refractivity contribution in [2.24, 2.45) is 0 Å². The van der Waals surface area contributed by atoms with E-state index in [-0.39, 0.29) is 0 Å². The highest BCUT2D eigenvalue weighted by Gasteiger charge is 2.25. The molecule has 0 atom stereocenters. The van der Waals surface area contributed by atoms with Crippen LogP contribution >= 0.6 is 0 Å². The number of anilines is 1. The molecule has 0 amide bonds. The summed E-state index contributed by atoms with van der Waals surface area (Å²) in [6.45, 7) is 7.51. The molecule has 1 aromatic heterocycles. The van der Waals surface area contributed by atoms with E-state index in [1.165, 1.54) is 10.9 Å². The molecule has 2 heterocycles. The number of nitrogens with zero attached hydrogens (tertiary/aromatic N) is 2. The molecule has 1 aliphatic heterocycles. The minimum atomic E-state index is 0.599. The van der Waals surface area contributed by atoms with Crippen molar-refractivity contribution in [3.05, 3.63) is 35.9 Å². The van der Waals surface area contributed by atoms with Crippen LogP contribution in [0.4, 0.5) is 5.82 Å². The van der Waals surface area contributed by atoms with Gasteiger partial charge in [-0.25, -0.2) is 4.98 Å². The lowest BCUT2D eigenvalue weighted by Crippen LogP contribution is -2.57. The normalized spacial score (nSPS) is 15.7. The highest BCUT2D eigenvalue weighted by Crippen LogP contribution is 2.25. The molecule has 3 rings (SSSR count). The number of aromatic nitrogens is 1. The summed E-state index contributed by atoms with van der Waals surface area (Å²) in [5, 5.41) is 4.56. The van der Waals surface area contributed by atoms with Crippen LogP contribution in [-0.2, 0) is 0 Å². The van der Waals surface area contributed by atoms with Crippen molar-refractivity contribution >= 4 is 16.7 Å². The number of para-hydroxylation sites is 1. The third-order valence-electron chi connectivity index (χ3n) is 3.70. The number of hydrogen-bond donors (Lipinski definition) is 1. The Morgan fingerprint density at radius 2 is 2.11 bits per heavy atom. The SMILES string of the molecule is CCN(c1nc2ccccc2cc1C)C1CNC1. The third kappa shape index (κ3) is 1.85. The van der Waals surface area contributed by atoms with Crippen LogP contribution in [0, 0.1) is 6.92 Å². The lowest BCUT2D eigenvalue weighted by Gasteiger charge is -2.39. The molecule has 0 saturated carbocycles. The third-order valence-corrected chi connectivity index (χ3v) is 3.70. The first-order valence-electron chi connectivity index (χ1n) is 6.63. The summed E-state index contributed by atoms with van der Waals surface area (Å²) in [5.41, 5.74) is 2.35. The molecular formula is C15H19N3. The van der Waals surface area contributed by atoms with Gasteiger partial charge in [-0.05, 0) is 31.5 Å². The van der Waals surface area contributed by atoms with Crippen molar-refractivity contribution in [2.45, 2.75) is 19.9 Å². The molecule has 0 radical (unpaired) electrons. The zero-order chi connectivity index (χ0) is 12.5. The monoisotopic (exact) mass is 241 g/mol. The van der Waals surface area contributed by atoms with Crippen LogP contribution in [0.5, 0.6) is 0 Å². The Morgan fingerprint density at radius 1 is 1.33 bits per heavy atom. The standard InChI is InChI=1S/C15H19N3/c1-3-18(13-9-16-10-13)15-11(2)8-12-6-4-5-7-14(12)17-15/h4-8,13,16H,3,9-10H2,1-2H3. The van der Waals surface area contributed by atoms with E-state index in [0.717, 1.165) is 31.0 Å². The summed E-state index contributed by atoms with van der Waals surface area (Å²) in [6, 6.07) is 11.2. The maximum absolute atomic E-state index is 4.85. The molecule has 1 N–H and O–H groups in total. The Bertz CT molecular complexity index is 561. The average molecular weight is 241 g/mol. The van der Waals surface area contributed by atoms with Gasteiger partial charge < -0.3 is 10.2 Å². The number of rotatable bonds is 3. The molecule has 1 aliphatic rings. The molecule has 2 aromatic rings. The molecule has 0 unspecified atom stereocenters. The minimum absolute atomic E-state index is 0.599. The van der Waals surface area contributed by atoms with Crippen LogP contribution in [-0.4, -0.2) is 30.7 Å². The highest BCUT2D eigenvalue weighted by molar-refractivity contribution is 5.81. The second kappa shape index (κ2) is 4.58. The van der Waals surface area contributed by atoms with Crippen molar-refractivity contribution < 1.29 is 0 Å². The molecule has 0 aliphatic carbocycles. The summed E-state index contributed by atoms with van der Waals surface area (Å²) in [6.07, 6.45) is 0. The molecule has 3 nitrogen and oxygen atoms in total. The van der Waals surface area contributed by atoms with Gasteiger partial charge in [-0.15, -0.1) is 0 Å². The zero-order valence-corrected chi connectivity index (χ0v) is 11.0. The molecule has 18 heavy (non-hydrogen) atoms. The van der Waals surface area contributed by atoms with E-state index >= 15 is 0 Å². The summed E-state index contributed by atoms with van der Waals surface area (Å²) < 4.78 is 0. The van der Waals surface area contributed by atoms with Gasteiger partial charge in [0.2, 0.25) is 0 Å². The van der Waals surface area contributed by atoms with Crippen molar-refractivity contribution in [1.82, 2.24) is 10.3 Å². The topological polar surface area (TPSA) is 28.2 Å². The number of fused-ring (bicyclic) bond motifs is 1. The van der Waals surface area contributed by atoms with Gasteiger partial charge in [-0.3, -0.25) is 0 Å². The van der Waals surface area contributed by atoms with Crippen molar-refractivity contribution in [1.29, 1.82) is 0 Å². The zero-order valence-electron chi connectivity index (χ0n) is 11.0. The highest BCUT2D eigenvalue weighted by atomic mass is 15.3. The fourth-order valence-electron chi connectivity index (χ4n) is 2.58. The van der Waals surface area contributed by atoms with Gasteiger partial charge in [0.05, 0.1) is 11.6 Å². The summed E-state index contributed by atoms with van der Waals surface area (Å²) >= 11 is 0. The Morgan fingerprint density at radius 3 is 2.78 bits per heavy atom. The molecule has 94 valence electrons. The van der Waals surface area contributed by atoms with E-state index in [1.54, 1.807) is 0 Å².